The molecule has 0 saturated carbocycles. The highest BCUT2D eigenvalue weighted by Crippen LogP contribution is 2.12. The van der Waals surface area contributed by atoms with E-state index in [4.69, 9.17) is 4.74 Å². The third-order valence-electron chi connectivity index (χ3n) is 3.04. The van der Waals surface area contributed by atoms with Gasteiger partial charge in [-0.05, 0) is 17.7 Å². The van der Waals surface area contributed by atoms with Crippen molar-refractivity contribution in [2.75, 3.05) is 18.5 Å². The number of hydrogen-bond acceptors (Lipinski definition) is 3. The molecule has 20 heavy (non-hydrogen) atoms. The second-order valence-electron chi connectivity index (χ2n) is 4.57. The number of imidazole rings is 1. The quantitative estimate of drug-likeness (QED) is 0.674. The molecule has 1 heterocycles. The van der Waals surface area contributed by atoms with Crippen LogP contribution in [0, 0.1) is 0 Å². The fourth-order valence-corrected chi connectivity index (χ4v) is 2.04. The largest absolute Gasteiger partial charge is 0.375 e. The lowest BCUT2D eigenvalue weighted by Gasteiger charge is -2.05. The summed E-state index contributed by atoms with van der Waals surface area (Å²) in [4.78, 5) is 7.67. The second kappa shape index (κ2) is 6.21. The van der Waals surface area contributed by atoms with Crippen LogP contribution in [-0.2, 0) is 11.3 Å². The molecule has 0 aliphatic rings. The number of nitrogens with one attached hydrogen (secondary N) is 2. The second-order valence-corrected chi connectivity index (χ2v) is 4.57. The zero-order chi connectivity index (χ0) is 13.6. The summed E-state index contributed by atoms with van der Waals surface area (Å²) in [6, 6.07) is 18.1. The minimum absolute atomic E-state index is 0.642. The minimum Gasteiger partial charge on any atom is -0.375 e. The molecule has 1 aromatic heterocycles. The molecular weight excluding hydrogens is 250 g/mol. The predicted molar refractivity (Wildman–Crippen MR) is 80.7 cm³/mol. The first-order chi connectivity index (χ1) is 9.92. The molecule has 2 N–H and O–H groups in total. The molecule has 0 amide bonds. The number of aromatic nitrogens is 2. The van der Waals surface area contributed by atoms with E-state index in [2.05, 4.69) is 27.4 Å². The number of H-pyrrole nitrogens is 1. The van der Waals surface area contributed by atoms with Gasteiger partial charge >= 0.3 is 0 Å². The molecule has 0 unspecified atom stereocenters. The van der Waals surface area contributed by atoms with Crippen molar-refractivity contribution in [2.24, 2.45) is 0 Å². The zero-order valence-electron chi connectivity index (χ0n) is 11.2. The highest BCUT2D eigenvalue weighted by atomic mass is 16.5. The van der Waals surface area contributed by atoms with E-state index >= 15 is 0 Å². The van der Waals surface area contributed by atoms with E-state index in [1.54, 1.807) is 0 Å². The van der Waals surface area contributed by atoms with Crippen molar-refractivity contribution < 1.29 is 4.74 Å². The van der Waals surface area contributed by atoms with Crippen molar-refractivity contribution in [3.63, 3.8) is 0 Å². The van der Waals surface area contributed by atoms with E-state index in [0.29, 0.717) is 13.2 Å². The first-order valence-corrected chi connectivity index (χ1v) is 6.72. The molecule has 0 aliphatic carbocycles. The highest BCUT2D eigenvalue weighted by molar-refractivity contribution is 5.77. The molecule has 3 aromatic rings. The summed E-state index contributed by atoms with van der Waals surface area (Å²) >= 11 is 0. The van der Waals surface area contributed by atoms with Crippen molar-refractivity contribution in [3.05, 3.63) is 60.2 Å². The van der Waals surface area contributed by atoms with E-state index in [9.17, 15) is 0 Å². The van der Waals surface area contributed by atoms with Crippen LogP contribution in [0.4, 0.5) is 5.95 Å². The Morgan fingerprint density at radius 2 is 1.80 bits per heavy atom. The van der Waals surface area contributed by atoms with Crippen LogP contribution >= 0.6 is 0 Å². The molecule has 102 valence electrons. The Balaban J connectivity index is 1.43. The highest BCUT2D eigenvalue weighted by Gasteiger charge is 2.00. The summed E-state index contributed by atoms with van der Waals surface area (Å²) in [5, 5.41) is 3.23. The normalized spacial score (nSPS) is 10.8. The molecule has 3 rings (SSSR count). The van der Waals surface area contributed by atoms with Gasteiger partial charge < -0.3 is 15.0 Å². The van der Waals surface area contributed by atoms with Gasteiger partial charge in [0.15, 0.2) is 0 Å². The summed E-state index contributed by atoms with van der Waals surface area (Å²) in [5.41, 5.74) is 3.21. The lowest BCUT2D eigenvalue weighted by atomic mass is 10.2. The van der Waals surface area contributed by atoms with Crippen molar-refractivity contribution in [1.29, 1.82) is 0 Å². The maximum Gasteiger partial charge on any atom is 0.201 e. The average Bonchev–Trinajstić information content (AvgIpc) is 2.90. The number of nitrogens with zero attached hydrogens (tertiary/aromatic N) is 1. The van der Waals surface area contributed by atoms with Gasteiger partial charge in [0.25, 0.3) is 0 Å². The fourth-order valence-electron chi connectivity index (χ4n) is 2.04. The van der Waals surface area contributed by atoms with Crippen LogP contribution < -0.4 is 5.32 Å². The van der Waals surface area contributed by atoms with Gasteiger partial charge in [-0.2, -0.15) is 0 Å². The number of hydrogen-bond donors (Lipinski definition) is 2. The van der Waals surface area contributed by atoms with Crippen LogP contribution in [0.25, 0.3) is 11.0 Å². The van der Waals surface area contributed by atoms with Crippen LogP contribution in [0.15, 0.2) is 54.6 Å². The Morgan fingerprint density at radius 1 is 1.00 bits per heavy atom. The van der Waals surface area contributed by atoms with Crippen LogP contribution in [0.5, 0.6) is 0 Å². The first-order valence-electron chi connectivity index (χ1n) is 6.72. The maximum absolute atomic E-state index is 5.61. The Morgan fingerprint density at radius 3 is 2.65 bits per heavy atom. The van der Waals surface area contributed by atoms with E-state index in [-0.39, 0.29) is 0 Å². The summed E-state index contributed by atoms with van der Waals surface area (Å²) in [7, 11) is 0. The Labute approximate surface area is 117 Å². The van der Waals surface area contributed by atoms with E-state index in [1.165, 1.54) is 5.56 Å². The summed E-state index contributed by atoms with van der Waals surface area (Å²) in [6.45, 7) is 2.02. The monoisotopic (exact) mass is 267 g/mol. The van der Waals surface area contributed by atoms with Gasteiger partial charge in [-0.1, -0.05) is 42.5 Å². The van der Waals surface area contributed by atoms with E-state index in [1.807, 2.05) is 42.5 Å². The smallest absolute Gasteiger partial charge is 0.201 e. The predicted octanol–water partition coefficient (Wildman–Crippen LogP) is 3.19. The molecule has 4 heteroatoms. The molecule has 0 atom stereocenters. The van der Waals surface area contributed by atoms with Gasteiger partial charge in [-0.3, -0.25) is 0 Å². The van der Waals surface area contributed by atoms with Gasteiger partial charge in [-0.15, -0.1) is 0 Å². The van der Waals surface area contributed by atoms with E-state index in [0.717, 1.165) is 23.5 Å². The van der Waals surface area contributed by atoms with Crippen LogP contribution in [0.1, 0.15) is 5.56 Å². The van der Waals surface area contributed by atoms with Crippen molar-refractivity contribution >= 4 is 17.0 Å². The number of fused-ring (bicyclic) bond motifs is 1. The van der Waals surface area contributed by atoms with Crippen LogP contribution in [0.3, 0.4) is 0 Å². The van der Waals surface area contributed by atoms with Gasteiger partial charge in [0, 0.05) is 6.54 Å². The number of ether oxygens (including phenoxy) is 1. The zero-order valence-corrected chi connectivity index (χ0v) is 11.2. The molecule has 0 saturated heterocycles. The van der Waals surface area contributed by atoms with Crippen molar-refractivity contribution in [1.82, 2.24) is 9.97 Å². The Kier molecular flexibility index (Phi) is 3.94. The van der Waals surface area contributed by atoms with Gasteiger partial charge in [0.05, 0.1) is 24.2 Å². The number of anilines is 1. The SMILES string of the molecule is c1ccc(COCCNc2nc3ccccc3[nH]2)cc1. The third kappa shape index (κ3) is 3.16. The third-order valence-corrected chi connectivity index (χ3v) is 3.04. The number of rotatable bonds is 6. The lowest BCUT2D eigenvalue weighted by Crippen LogP contribution is -2.10. The number of para-hydroxylation sites is 2. The lowest BCUT2D eigenvalue weighted by molar-refractivity contribution is 0.130. The number of benzene rings is 2. The molecule has 0 bridgehead atoms. The Bertz CT molecular complexity index is 631. The maximum atomic E-state index is 5.61. The first kappa shape index (κ1) is 12.7. The minimum atomic E-state index is 0.642. The van der Waals surface area contributed by atoms with Crippen molar-refractivity contribution in [2.45, 2.75) is 6.61 Å². The fraction of sp³-hybridized carbons (Fsp3) is 0.188. The van der Waals surface area contributed by atoms with Gasteiger partial charge in [0.1, 0.15) is 0 Å². The molecule has 4 nitrogen and oxygen atoms in total. The molecule has 0 radical (unpaired) electrons. The summed E-state index contributed by atoms with van der Waals surface area (Å²) < 4.78 is 5.61. The standard InChI is InChI=1S/C16H17N3O/c1-2-6-13(7-3-1)12-20-11-10-17-16-18-14-8-4-5-9-15(14)19-16/h1-9H,10-12H2,(H2,17,18,19). The molecule has 0 aliphatic heterocycles. The molecule has 2 aromatic carbocycles. The molecule has 0 fully saturated rings. The topological polar surface area (TPSA) is 49.9 Å². The average molecular weight is 267 g/mol. The molecule has 0 spiro atoms. The van der Waals surface area contributed by atoms with Crippen LogP contribution in [0.2, 0.25) is 0 Å². The number of aromatic amines is 1. The van der Waals surface area contributed by atoms with Crippen molar-refractivity contribution in [3.8, 4) is 0 Å². The van der Waals surface area contributed by atoms with E-state index < -0.39 is 0 Å². The summed E-state index contributed by atoms with van der Waals surface area (Å²) in [5.74, 6) is 0.787. The van der Waals surface area contributed by atoms with Gasteiger partial charge in [-0.25, -0.2) is 4.98 Å². The van der Waals surface area contributed by atoms with Gasteiger partial charge in [0.2, 0.25) is 5.95 Å². The Hall–Kier alpha value is -2.33. The molecular formula is C16H17N3O. The van der Waals surface area contributed by atoms with Crippen LogP contribution in [-0.4, -0.2) is 23.1 Å². The summed E-state index contributed by atoms with van der Waals surface area (Å²) in [6.07, 6.45) is 0.